The first-order valence-electron chi connectivity index (χ1n) is 11.6. The van der Waals surface area contributed by atoms with E-state index in [1.54, 1.807) is 0 Å². The summed E-state index contributed by atoms with van der Waals surface area (Å²) in [7, 11) is 1.44. The zero-order chi connectivity index (χ0) is 24.1. The second-order valence-corrected chi connectivity index (χ2v) is 8.86. The Morgan fingerprint density at radius 3 is 2.29 bits per heavy atom. The maximum atomic E-state index is 12.7. The van der Waals surface area contributed by atoms with Gasteiger partial charge in [0.2, 0.25) is 5.91 Å². The van der Waals surface area contributed by atoms with Crippen LogP contribution in [0.5, 0.6) is 0 Å². The number of carboxylic acid groups (broad SMARTS) is 1. The lowest BCUT2D eigenvalue weighted by atomic mass is 9.96. The Labute approximate surface area is 198 Å². The highest BCUT2D eigenvalue weighted by atomic mass is 16.5. The Balaban J connectivity index is 1.33. The number of carbonyl (C=O) groups is 3. The number of hydrogen-bond acceptors (Lipinski definition) is 5. The van der Waals surface area contributed by atoms with E-state index < -0.39 is 29.9 Å². The largest absolute Gasteiger partial charge is 0.481 e. The maximum Gasteiger partial charge on any atom is 0.407 e. The minimum atomic E-state index is -0.940. The molecule has 34 heavy (non-hydrogen) atoms. The smallest absolute Gasteiger partial charge is 0.407 e. The maximum absolute atomic E-state index is 12.7. The molecule has 0 radical (unpaired) electrons. The number of amides is 2. The SMILES string of the molecule is COC[C@H](NC(=O)OCC1c2ccccc2-c2ccccc21)C(=O)NC[C@H]1CCC[C@H]1C(=O)O. The standard InChI is InChI=1S/C26H30N2O6/c1-33-15-23(24(29)27-13-16-7-6-12-17(16)25(30)31)28-26(32)34-14-22-20-10-4-2-8-18(20)19-9-3-5-11-21(19)22/h2-5,8-11,16-17,22-23H,6-7,12-15H2,1H3,(H,27,29)(H,28,32)(H,30,31)/t16-,17-,23+/m1/s1. The Hall–Kier alpha value is -3.39. The Morgan fingerprint density at radius 1 is 1.03 bits per heavy atom. The van der Waals surface area contributed by atoms with Crippen LogP contribution < -0.4 is 10.6 Å². The van der Waals surface area contributed by atoms with E-state index in [-0.39, 0.29) is 31.6 Å². The van der Waals surface area contributed by atoms with Gasteiger partial charge in [0.1, 0.15) is 12.6 Å². The lowest BCUT2D eigenvalue weighted by Crippen LogP contribution is -2.50. The first kappa shape index (κ1) is 23.8. The van der Waals surface area contributed by atoms with Crippen LogP contribution in [0, 0.1) is 11.8 Å². The summed E-state index contributed by atoms with van der Waals surface area (Å²) >= 11 is 0. The van der Waals surface area contributed by atoms with Gasteiger partial charge in [0.15, 0.2) is 0 Å². The quantitative estimate of drug-likeness (QED) is 0.523. The number of carbonyl (C=O) groups excluding carboxylic acids is 2. The molecule has 2 aromatic carbocycles. The van der Waals surface area contributed by atoms with Crippen molar-refractivity contribution < 1.29 is 29.0 Å². The molecule has 0 aliphatic heterocycles. The average Bonchev–Trinajstić information content (AvgIpc) is 3.44. The van der Waals surface area contributed by atoms with Crippen molar-refractivity contribution in [2.75, 3.05) is 26.9 Å². The predicted octanol–water partition coefficient (Wildman–Crippen LogP) is 3.16. The van der Waals surface area contributed by atoms with Crippen molar-refractivity contribution in [1.29, 1.82) is 0 Å². The third-order valence-electron chi connectivity index (χ3n) is 6.80. The third-order valence-corrected chi connectivity index (χ3v) is 6.80. The second kappa shape index (κ2) is 10.7. The first-order chi connectivity index (χ1) is 16.5. The number of carboxylic acids is 1. The number of methoxy groups -OCH3 is 1. The van der Waals surface area contributed by atoms with Crippen molar-refractivity contribution in [1.82, 2.24) is 10.6 Å². The molecule has 0 aromatic heterocycles. The molecular weight excluding hydrogens is 436 g/mol. The van der Waals surface area contributed by atoms with Crippen LogP contribution in [0.2, 0.25) is 0 Å². The third kappa shape index (κ3) is 5.07. The van der Waals surface area contributed by atoms with Crippen molar-refractivity contribution in [3.8, 4) is 11.1 Å². The van der Waals surface area contributed by atoms with E-state index in [4.69, 9.17) is 9.47 Å². The van der Waals surface area contributed by atoms with Crippen LogP contribution in [-0.4, -0.2) is 56.0 Å². The zero-order valence-electron chi connectivity index (χ0n) is 19.2. The Morgan fingerprint density at radius 2 is 1.68 bits per heavy atom. The van der Waals surface area contributed by atoms with E-state index in [2.05, 4.69) is 22.8 Å². The molecule has 0 bridgehead atoms. The number of rotatable bonds is 9. The van der Waals surface area contributed by atoms with Crippen LogP contribution in [0.15, 0.2) is 48.5 Å². The summed E-state index contributed by atoms with van der Waals surface area (Å²) in [6.07, 6.45) is 1.50. The summed E-state index contributed by atoms with van der Waals surface area (Å²) in [6, 6.07) is 15.2. The first-order valence-corrected chi connectivity index (χ1v) is 11.6. The molecular formula is C26H30N2O6. The number of hydrogen-bond donors (Lipinski definition) is 3. The number of ether oxygens (including phenoxy) is 2. The fourth-order valence-electron chi connectivity index (χ4n) is 5.09. The van der Waals surface area contributed by atoms with Crippen molar-refractivity contribution in [3.63, 3.8) is 0 Å². The Kier molecular flexibility index (Phi) is 7.47. The molecule has 3 atom stereocenters. The van der Waals surface area contributed by atoms with Gasteiger partial charge in [-0.2, -0.15) is 0 Å². The molecule has 8 nitrogen and oxygen atoms in total. The number of nitrogens with one attached hydrogen (secondary N) is 2. The summed E-state index contributed by atoms with van der Waals surface area (Å²) in [5.41, 5.74) is 4.48. The second-order valence-electron chi connectivity index (χ2n) is 8.86. The molecule has 2 aliphatic carbocycles. The highest BCUT2D eigenvalue weighted by Gasteiger charge is 2.34. The summed E-state index contributed by atoms with van der Waals surface area (Å²) in [6.45, 7) is 0.370. The van der Waals surface area contributed by atoms with Crippen LogP contribution in [0.1, 0.15) is 36.3 Å². The molecule has 3 N–H and O–H groups in total. The average molecular weight is 467 g/mol. The molecule has 0 saturated heterocycles. The van der Waals surface area contributed by atoms with Gasteiger partial charge >= 0.3 is 12.1 Å². The molecule has 2 amide bonds. The van der Waals surface area contributed by atoms with Gasteiger partial charge in [-0.1, -0.05) is 55.0 Å². The molecule has 180 valence electrons. The van der Waals surface area contributed by atoms with Crippen molar-refractivity contribution >= 4 is 18.0 Å². The highest BCUT2D eigenvalue weighted by molar-refractivity contribution is 5.86. The summed E-state index contributed by atoms with van der Waals surface area (Å²) in [4.78, 5) is 36.6. The predicted molar refractivity (Wildman–Crippen MR) is 125 cm³/mol. The number of aliphatic carboxylic acids is 1. The molecule has 4 rings (SSSR count). The van der Waals surface area contributed by atoms with Crippen LogP contribution >= 0.6 is 0 Å². The van der Waals surface area contributed by atoms with Crippen molar-refractivity contribution in [3.05, 3.63) is 59.7 Å². The molecule has 2 aromatic rings. The van der Waals surface area contributed by atoms with Crippen molar-refractivity contribution in [2.45, 2.75) is 31.2 Å². The van der Waals surface area contributed by atoms with E-state index in [9.17, 15) is 19.5 Å². The number of fused-ring (bicyclic) bond motifs is 3. The van der Waals surface area contributed by atoms with Gasteiger partial charge in [0, 0.05) is 19.6 Å². The number of alkyl carbamates (subject to hydrolysis) is 1. The van der Waals surface area contributed by atoms with E-state index in [1.807, 2.05) is 36.4 Å². The normalized spacial score (nSPS) is 19.7. The highest BCUT2D eigenvalue weighted by Crippen LogP contribution is 2.44. The van der Waals surface area contributed by atoms with E-state index >= 15 is 0 Å². The van der Waals surface area contributed by atoms with Gasteiger partial charge in [-0.15, -0.1) is 0 Å². The summed E-state index contributed by atoms with van der Waals surface area (Å²) in [5, 5.41) is 14.7. The van der Waals surface area contributed by atoms with Gasteiger partial charge in [0.05, 0.1) is 12.5 Å². The number of benzene rings is 2. The lowest BCUT2D eigenvalue weighted by molar-refractivity contribution is -0.143. The summed E-state index contributed by atoms with van der Waals surface area (Å²) in [5.74, 6) is -1.90. The van der Waals surface area contributed by atoms with Gasteiger partial charge < -0.3 is 25.2 Å². The van der Waals surface area contributed by atoms with Gasteiger partial charge in [-0.05, 0) is 41.0 Å². The van der Waals surface area contributed by atoms with E-state index in [0.29, 0.717) is 6.42 Å². The molecule has 0 unspecified atom stereocenters. The van der Waals surface area contributed by atoms with Crippen LogP contribution in [0.3, 0.4) is 0 Å². The minimum absolute atomic E-state index is 0.0247. The molecule has 0 spiro atoms. The van der Waals surface area contributed by atoms with E-state index in [1.165, 1.54) is 7.11 Å². The Bertz CT molecular complexity index is 1010. The van der Waals surface area contributed by atoms with Crippen LogP contribution in [0.4, 0.5) is 4.79 Å². The summed E-state index contributed by atoms with van der Waals surface area (Å²) < 4.78 is 10.6. The lowest BCUT2D eigenvalue weighted by Gasteiger charge is -2.21. The van der Waals surface area contributed by atoms with Crippen molar-refractivity contribution in [2.24, 2.45) is 11.8 Å². The molecule has 1 fully saturated rings. The fraction of sp³-hybridized carbons (Fsp3) is 0.423. The molecule has 8 heteroatoms. The van der Waals surface area contributed by atoms with E-state index in [0.717, 1.165) is 35.1 Å². The fourth-order valence-corrected chi connectivity index (χ4v) is 5.09. The van der Waals surface area contributed by atoms with Crippen LogP contribution in [0.25, 0.3) is 11.1 Å². The minimum Gasteiger partial charge on any atom is -0.481 e. The van der Waals surface area contributed by atoms with Gasteiger partial charge in [0.25, 0.3) is 0 Å². The molecule has 2 aliphatic rings. The molecule has 0 heterocycles. The van der Waals surface area contributed by atoms with Crippen LogP contribution in [-0.2, 0) is 19.1 Å². The zero-order valence-corrected chi connectivity index (χ0v) is 19.2. The van der Waals surface area contributed by atoms with Gasteiger partial charge in [-0.25, -0.2) is 4.79 Å². The van der Waals surface area contributed by atoms with Gasteiger partial charge in [-0.3, -0.25) is 9.59 Å². The molecule has 1 saturated carbocycles. The topological polar surface area (TPSA) is 114 Å². The monoisotopic (exact) mass is 466 g/mol.